The molecule has 1 N–H and O–H groups in total. The fraction of sp³-hybridized carbons (Fsp3) is 0.136. The van der Waals surface area contributed by atoms with Crippen molar-refractivity contribution in [3.63, 3.8) is 0 Å². The van der Waals surface area contributed by atoms with Gasteiger partial charge in [0, 0.05) is 15.7 Å². The summed E-state index contributed by atoms with van der Waals surface area (Å²) in [6.07, 6.45) is 0. The highest BCUT2D eigenvalue weighted by Gasteiger charge is 2.19. The lowest BCUT2D eigenvalue weighted by Gasteiger charge is -2.23. The van der Waals surface area contributed by atoms with Crippen LogP contribution in [0.4, 0.5) is 15.8 Å². The van der Waals surface area contributed by atoms with Gasteiger partial charge in [-0.15, -0.1) is 0 Å². The molecule has 0 aromatic heterocycles. The van der Waals surface area contributed by atoms with Crippen molar-refractivity contribution in [1.29, 1.82) is 0 Å². The van der Waals surface area contributed by atoms with Crippen molar-refractivity contribution in [3.05, 3.63) is 83.2 Å². The van der Waals surface area contributed by atoms with Gasteiger partial charge >= 0.3 is 5.97 Å². The van der Waals surface area contributed by atoms with Crippen LogP contribution in [0.3, 0.4) is 0 Å². The molecule has 1 atom stereocenters. The Bertz CT molecular complexity index is 1030. The first-order chi connectivity index (χ1) is 13.0. The third kappa shape index (κ3) is 3.43. The normalized spacial score (nSPS) is 13.1. The zero-order chi connectivity index (χ0) is 19.0. The molecule has 3 aromatic carbocycles. The second kappa shape index (κ2) is 7.08. The summed E-state index contributed by atoms with van der Waals surface area (Å²) in [4.78, 5) is 14.1. The second-order valence-corrected chi connectivity index (χ2v) is 7.55. The van der Waals surface area contributed by atoms with E-state index in [2.05, 4.69) is 35.6 Å². The molecule has 1 unspecified atom stereocenters. The van der Waals surface area contributed by atoms with Crippen LogP contribution in [0.2, 0.25) is 0 Å². The van der Waals surface area contributed by atoms with E-state index in [9.17, 15) is 9.18 Å². The molecule has 1 heterocycles. The Labute approximate surface area is 161 Å². The van der Waals surface area contributed by atoms with E-state index in [0.717, 1.165) is 27.4 Å². The zero-order valence-electron chi connectivity index (χ0n) is 15.0. The summed E-state index contributed by atoms with van der Waals surface area (Å²) >= 11 is 1.73. The lowest BCUT2D eigenvalue weighted by Crippen LogP contribution is -2.06. The molecule has 1 aliphatic rings. The van der Waals surface area contributed by atoms with E-state index >= 15 is 0 Å². The predicted octanol–water partition coefficient (Wildman–Crippen LogP) is 5.97. The van der Waals surface area contributed by atoms with Gasteiger partial charge in [-0.1, -0.05) is 36.9 Å². The van der Waals surface area contributed by atoms with E-state index in [1.165, 1.54) is 24.1 Å². The van der Waals surface area contributed by atoms with Gasteiger partial charge in [0.1, 0.15) is 5.82 Å². The van der Waals surface area contributed by atoms with Gasteiger partial charge in [0.2, 0.25) is 0 Å². The fourth-order valence-corrected chi connectivity index (χ4v) is 4.19. The predicted molar refractivity (Wildman–Crippen MR) is 106 cm³/mol. The Morgan fingerprint density at radius 2 is 1.78 bits per heavy atom. The van der Waals surface area contributed by atoms with Crippen LogP contribution >= 0.6 is 11.8 Å². The number of ether oxygens (including phenoxy) is 1. The Morgan fingerprint density at radius 1 is 1.00 bits per heavy atom. The molecule has 0 amide bonds. The molecule has 5 heteroatoms. The topological polar surface area (TPSA) is 38.3 Å². The molecule has 136 valence electrons. The number of nitrogens with one attached hydrogen (secondary N) is 1. The Kier molecular flexibility index (Phi) is 4.62. The van der Waals surface area contributed by atoms with Crippen molar-refractivity contribution in [2.24, 2.45) is 0 Å². The largest absolute Gasteiger partial charge is 0.465 e. The van der Waals surface area contributed by atoms with Gasteiger partial charge in [-0.2, -0.15) is 0 Å². The summed E-state index contributed by atoms with van der Waals surface area (Å²) < 4.78 is 18.7. The summed E-state index contributed by atoms with van der Waals surface area (Å²) in [6, 6.07) is 18.7. The number of halogens is 1. The number of rotatable bonds is 3. The maximum Gasteiger partial charge on any atom is 0.337 e. The Morgan fingerprint density at radius 3 is 2.59 bits per heavy atom. The first-order valence-electron chi connectivity index (χ1n) is 8.62. The maximum absolute atomic E-state index is 14.0. The van der Waals surface area contributed by atoms with Gasteiger partial charge in [0.05, 0.1) is 24.0 Å². The molecule has 0 aliphatic carbocycles. The monoisotopic (exact) mass is 379 g/mol. The van der Waals surface area contributed by atoms with Crippen LogP contribution in [0, 0.1) is 5.82 Å². The smallest absolute Gasteiger partial charge is 0.337 e. The quantitative estimate of drug-likeness (QED) is 0.445. The van der Waals surface area contributed by atoms with Gasteiger partial charge in [-0.3, -0.25) is 0 Å². The van der Waals surface area contributed by atoms with Crippen LogP contribution in [0.5, 0.6) is 0 Å². The van der Waals surface area contributed by atoms with Crippen molar-refractivity contribution in [2.75, 3.05) is 12.4 Å². The highest BCUT2D eigenvalue weighted by molar-refractivity contribution is 7.99. The third-order valence-electron chi connectivity index (χ3n) is 4.72. The maximum atomic E-state index is 14.0. The summed E-state index contributed by atoms with van der Waals surface area (Å²) in [5.74, 6) is -1.05. The fourth-order valence-electron chi connectivity index (χ4n) is 3.22. The van der Waals surface area contributed by atoms with E-state index in [0.29, 0.717) is 0 Å². The van der Waals surface area contributed by atoms with Crippen LogP contribution < -0.4 is 5.32 Å². The molecular weight excluding hydrogens is 361 g/mol. The summed E-state index contributed by atoms with van der Waals surface area (Å²) in [5.41, 5.74) is 4.12. The number of hydrogen-bond acceptors (Lipinski definition) is 4. The van der Waals surface area contributed by atoms with Crippen molar-refractivity contribution < 1.29 is 13.9 Å². The number of fused-ring (bicyclic) bond motifs is 2. The molecule has 0 radical (unpaired) electrons. The van der Waals surface area contributed by atoms with Crippen molar-refractivity contribution in [3.8, 4) is 0 Å². The van der Waals surface area contributed by atoms with Gasteiger partial charge < -0.3 is 10.1 Å². The van der Waals surface area contributed by atoms with Crippen LogP contribution in [-0.2, 0) is 4.74 Å². The minimum atomic E-state index is -0.539. The molecule has 0 saturated heterocycles. The second-order valence-electron chi connectivity index (χ2n) is 6.47. The highest BCUT2D eigenvalue weighted by atomic mass is 32.2. The van der Waals surface area contributed by atoms with Crippen molar-refractivity contribution >= 4 is 29.1 Å². The number of hydrogen-bond donors (Lipinski definition) is 1. The number of esters is 1. The lowest BCUT2D eigenvalue weighted by atomic mass is 9.91. The molecule has 1 aliphatic heterocycles. The summed E-state index contributed by atoms with van der Waals surface area (Å²) in [6.45, 7) is 2.00. The van der Waals surface area contributed by atoms with Crippen LogP contribution in [0.15, 0.2) is 70.5 Å². The van der Waals surface area contributed by atoms with Crippen LogP contribution in [0.25, 0.3) is 0 Å². The molecule has 3 nitrogen and oxygen atoms in total. The van der Waals surface area contributed by atoms with Crippen LogP contribution in [0.1, 0.15) is 34.3 Å². The minimum absolute atomic E-state index is 0.0709. The van der Waals surface area contributed by atoms with E-state index < -0.39 is 11.8 Å². The Balaban J connectivity index is 1.67. The van der Waals surface area contributed by atoms with Gasteiger partial charge in [-0.05, 0) is 53.6 Å². The van der Waals surface area contributed by atoms with Gasteiger partial charge in [0.15, 0.2) is 0 Å². The number of anilines is 2. The number of carbonyl (C=O) groups excluding carboxylic acids is 1. The van der Waals surface area contributed by atoms with Crippen LogP contribution in [-0.4, -0.2) is 13.1 Å². The number of benzene rings is 3. The van der Waals surface area contributed by atoms with Gasteiger partial charge in [-0.25, -0.2) is 9.18 Å². The number of carbonyl (C=O) groups is 1. The first kappa shape index (κ1) is 17.6. The average molecular weight is 379 g/mol. The van der Waals surface area contributed by atoms with Gasteiger partial charge in [0.25, 0.3) is 0 Å². The molecular formula is C22H18FNO2S. The number of methoxy groups -OCH3 is 1. The molecule has 3 aromatic rings. The SMILES string of the molecule is COC(=O)c1cc(F)cc(C(C)c2ccc3c(c2)Nc2ccccc2S3)c1. The average Bonchev–Trinajstić information content (AvgIpc) is 2.70. The molecule has 4 rings (SSSR count). The molecule has 27 heavy (non-hydrogen) atoms. The Hall–Kier alpha value is -2.79. The van der Waals surface area contributed by atoms with E-state index in [4.69, 9.17) is 4.74 Å². The lowest BCUT2D eigenvalue weighted by molar-refractivity contribution is 0.0600. The van der Waals surface area contributed by atoms with E-state index in [1.807, 2.05) is 19.1 Å². The van der Waals surface area contributed by atoms with Crippen molar-refractivity contribution in [2.45, 2.75) is 22.6 Å². The summed E-state index contributed by atoms with van der Waals surface area (Å²) in [5, 5.41) is 3.47. The standard InChI is InChI=1S/C22H18FNO2S/c1-13(15-9-16(22(25)26-2)11-17(23)10-15)14-7-8-21-19(12-14)24-18-5-3-4-6-20(18)27-21/h3-13,24H,1-2H3. The molecule has 0 fully saturated rings. The molecule has 0 spiro atoms. The number of para-hydroxylation sites is 1. The van der Waals surface area contributed by atoms with E-state index in [1.54, 1.807) is 17.8 Å². The zero-order valence-corrected chi connectivity index (χ0v) is 15.8. The molecule has 0 bridgehead atoms. The third-order valence-corrected chi connectivity index (χ3v) is 5.87. The first-order valence-corrected chi connectivity index (χ1v) is 9.43. The van der Waals surface area contributed by atoms with Crippen molar-refractivity contribution in [1.82, 2.24) is 0 Å². The summed E-state index contributed by atoms with van der Waals surface area (Å²) in [7, 11) is 1.29. The minimum Gasteiger partial charge on any atom is -0.465 e. The molecule has 0 saturated carbocycles. The highest BCUT2D eigenvalue weighted by Crippen LogP contribution is 2.45. The van der Waals surface area contributed by atoms with E-state index in [-0.39, 0.29) is 11.5 Å².